The Balaban J connectivity index is 1.37. The van der Waals surface area contributed by atoms with Crippen molar-refractivity contribution in [2.45, 2.75) is 24.5 Å². The number of hydrazone groups is 1. The van der Waals surface area contributed by atoms with E-state index in [2.05, 4.69) is 21.6 Å². The molecule has 3 aromatic heterocycles. The highest BCUT2D eigenvalue weighted by molar-refractivity contribution is 7.99. The van der Waals surface area contributed by atoms with E-state index in [1.54, 1.807) is 39.5 Å². The lowest BCUT2D eigenvalue weighted by Gasteiger charge is -2.20. The molecule has 0 saturated carbocycles. The van der Waals surface area contributed by atoms with Gasteiger partial charge in [-0.3, -0.25) is 4.79 Å². The van der Waals surface area contributed by atoms with Crippen molar-refractivity contribution in [3.8, 4) is 11.4 Å². The quantitative estimate of drug-likeness (QED) is 0.348. The fraction of sp³-hybridized carbons (Fsp3) is 0.227. The molecule has 8 nitrogen and oxygen atoms in total. The number of aromatic nitrogens is 4. The average Bonchev–Trinajstić information content (AvgIpc) is 3.63. The van der Waals surface area contributed by atoms with Crippen LogP contribution < -0.4 is 4.74 Å². The number of carbonyl (C=O) groups excluding carboxylic acids is 1. The molecule has 0 saturated heterocycles. The Hall–Kier alpha value is -3.02. The number of amides is 1. The largest absolute Gasteiger partial charge is 0.494 e. The first-order valence-corrected chi connectivity index (χ1v) is 12.9. The second kappa shape index (κ2) is 9.46. The molecule has 168 valence electrons. The summed E-state index contributed by atoms with van der Waals surface area (Å²) in [5.74, 6) is 0.733. The summed E-state index contributed by atoms with van der Waals surface area (Å²) in [6.07, 6.45) is 0.704. The number of thioether (sulfide) groups is 1. The van der Waals surface area contributed by atoms with E-state index in [1.165, 1.54) is 11.8 Å². The number of tetrazole rings is 1. The van der Waals surface area contributed by atoms with Crippen LogP contribution in [0.1, 0.15) is 27.8 Å². The Bertz CT molecular complexity index is 1280. The number of hydrogen-bond donors (Lipinski definition) is 0. The minimum absolute atomic E-state index is 0.0873. The van der Waals surface area contributed by atoms with Crippen molar-refractivity contribution in [3.63, 3.8) is 0 Å². The summed E-state index contributed by atoms with van der Waals surface area (Å²) in [6.45, 7) is 1.99. The van der Waals surface area contributed by atoms with E-state index in [9.17, 15) is 4.79 Å². The third-order valence-corrected chi connectivity index (χ3v) is 7.97. The Morgan fingerprint density at radius 1 is 1.21 bits per heavy atom. The van der Waals surface area contributed by atoms with Gasteiger partial charge in [-0.15, -0.1) is 27.8 Å². The van der Waals surface area contributed by atoms with Crippen LogP contribution in [-0.4, -0.2) is 49.7 Å². The molecule has 0 spiro atoms. The van der Waals surface area contributed by atoms with Crippen LogP contribution in [0.4, 0.5) is 0 Å². The molecule has 0 unspecified atom stereocenters. The molecule has 0 bridgehead atoms. The minimum Gasteiger partial charge on any atom is -0.494 e. The van der Waals surface area contributed by atoms with E-state index in [1.807, 2.05) is 54.1 Å². The summed E-state index contributed by atoms with van der Waals surface area (Å²) >= 11 is 4.56. The highest BCUT2D eigenvalue weighted by atomic mass is 32.2. The molecule has 4 heterocycles. The maximum Gasteiger partial charge on any atom is 0.253 e. The van der Waals surface area contributed by atoms with Gasteiger partial charge in [0.05, 0.1) is 29.5 Å². The molecular formula is C22H20N6O2S3. The molecule has 0 aliphatic carbocycles. The van der Waals surface area contributed by atoms with Crippen LogP contribution in [-0.2, 0) is 4.79 Å². The summed E-state index contributed by atoms with van der Waals surface area (Å²) in [5, 5.41) is 23.0. The zero-order chi connectivity index (χ0) is 22.8. The number of hydrogen-bond acceptors (Lipinski definition) is 9. The zero-order valence-corrected chi connectivity index (χ0v) is 20.4. The number of nitrogens with zero attached hydrogens (tertiary/aromatic N) is 6. The number of aryl methyl sites for hydroxylation is 1. The van der Waals surface area contributed by atoms with E-state index < -0.39 is 0 Å². The molecule has 1 aliphatic rings. The van der Waals surface area contributed by atoms with Crippen molar-refractivity contribution >= 4 is 46.1 Å². The predicted molar refractivity (Wildman–Crippen MR) is 131 cm³/mol. The summed E-state index contributed by atoms with van der Waals surface area (Å²) in [7, 11) is 1.61. The fourth-order valence-corrected chi connectivity index (χ4v) is 5.88. The zero-order valence-electron chi connectivity index (χ0n) is 17.9. The molecule has 1 atom stereocenters. The van der Waals surface area contributed by atoms with Gasteiger partial charge in [0.15, 0.2) is 0 Å². The summed E-state index contributed by atoms with van der Waals surface area (Å²) in [4.78, 5) is 15.5. The Morgan fingerprint density at radius 3 is 2.82 bits per heavy atom. The summed E-state index contributed by atoms with van der Waals surface area (Å²) in [5.41, 5.74) is 2.73. The van der Waals surface area contributed by atoms with Crippen molar-refractivity contribution in [2.75, 3.05) is 12.9 Å². The molecule has 4 aromatic rings. The maximum atomic E-state index is 13.3. The van der Waals surface area contributed by atoms with E-state index in [-0.39, 0.29) is 17.7 Å². The lowest BCUT2D eigenvalue weighted by atomic mass is 10.1. The van der Waals surface area contributed by atoms with Gasteiger partial charge in [-0.2, -0.15) is 9.78 Å². The summed E-state index contributed by atoms with van der Waals surface area (Å²) < 4.78 is 7.07. The monoisotopic (exact) mass is 496 g/mol. The van der Waals surface area contributed by atoms with Crippen molar-refractivity contribution in [3.05, 3.63) is 68.5 Å². The minimum atomic E-state index is -0.0944. The van der Waals surface area contributed by atoms with Gasteiger partial charge in [-0.1, -0.05) is 30.0 Å². The van der Waals surface area contributed by atoms with Gasteiger partial charge in [0.25, 0.3) is 5.91 Å². The second-order valence-electron chi connectivity index (χ2n) is 7.33. The predicted octanol–water partition coefficient (Wildman–Crippen LogP) is 4.57. The molecule has 5 rings (SSSR count). The molecule has 0 radical (unpaired) electrons. The SMILES string of the molecule is COc1ccc(C)cc1-n1nnnc1SCC(=O)N1N=C(c2cccs2)C[C@@H]1c1cccs1. The van der Waals surface area contributed by atoms with Crippen LogP contribution in [0.25, 0.3) is 5.69 Å². The van der Waals surface area contributed by atoms with Crippen LogP contribution >= 0.6 is 34.4 Å². The van der Waals surface area contributed by atoms with Gasteiger partial charge < -0.3 is 4.74 Å². The smallest absolute Gasteiger partial charge is 0.253 e. The number of methoxy groups -OCH3 is 1. The molecule has 1 aliphatic heterocycles. The Morgan fingerprint density at radius 2 is 2.06 bits per heavy atom. The van der Waals surface area contributed by atoms with E-state index >= 15 is 0 Å². The normalized spacial score (nSPS) is 15.6. The molecule has 11 heteroatoms. The fourth-order valence-electron chi connectivity index (χ4n) is 3.61. The van der Waals surface area contributed by atoms with E-state index in [0.717, 1.165) is 26.7 Å². The number of benzene rings is 1. The third kappa shape index (κ3) is 4.43. The van der Waals surface area contributed by atoms with Crippen LogP contribution in [0.3, 0.4) is 0 Å². The van der Waals surface area contributed by atoms with Crippen LogP contribution in [0.5, 0.6) is 5.75 Å². The lowest BCUT2D eigenvalue weighted by molar-refractivity contribution is -0.130. The van der Waals surface area contributed by atoms with Gasteiger partial charge in [0, 0.05) is 11.3 Å². The Labute approximate surface area is 202 Å². The molecule has 0 N–H and O–H groups in total. The van der Waals surface area contributed by atoms with Crippen LogP contribution in [0.15, 0.2) is 63.5 Å². The first-order chi connectivity index (χ1) is 16.1. The van der Waals surface area contributed by atoms with E-state index in [0.29, 0.717) is 17.3 Å². The van der Waals surface area contributed by atoms with Crippen molar-refractivity contribution < 1.29 is 9.53 Å². The molecule has 0 fully saturated rings. The molecule has 1 amide bonds. The van der Waals surface area contributed by atoms with Gasteiger partial charge in [-0.25, -0.2) is 5.01 Å². The van der Waals surface area contributed by atoms with Crippen LogP contribution in [0.2, 0.25) is 0 Å². The standard InChI is InChI=1S/C22H20N6O2S3/c1-14-7-8-18(30-2)16(11-14)28-22(23-25-26-28)33-13-21(29)27-17(20-6-4-10-32-20)12-15(24-27)19-5-3-9-31-19/h3-11,17H,12-13H2,1-2H3/t17-/m1/s1. The van der Waals surface area contributed by atoms with E-state index in [4.69, 9.17) is 9.84 Å². The highest BCUT2D eigenvalue weighted by Crippen LogP contribution is 2.36. The number of carbonyl (C=O) groups is 1. The number of ether oxygens (including phenoxy) is 1. The molecule has 1 aromatic carbocycles. The van der Waals surface area contributed by atoms with Crippen molar-refractivity contribution in [1.29, 1.82) is 0 Å². The number of rotatable bonds is 7. The van der Waals surface area contributed by atoms with Gasteiger partial charge in [0.1, 0.15) is 11.4 Å². The molecule has 33 heavy (non-hydrogen) atoms. The van der Waals surface area contributed by atoms with Crippen molar-refractivity contribution in [1.82, 2.24) is 25.2 Å². The van der Waals surface area contributed by atoms with Crippen molar-refractivity contribution in [2.24, 2.45) is 5.10 Å². The second-order valence-corrected chi connectivity index (χ2v) is 10.2. The number of thiophene rings is 2. The van der Waals surface area contributed by atoms with Crippen LogP contribution in [0, 0.1) is 6.92 Å². The highest BCUT2D eigenvalue weighted by Gasteiger charge is 2.34. The topological polar surface area (TPSA) is 85.5 Å². The summed E-state index contributed by atoms with van der Waals surface area (Å²) in [6, 6.07) is 13.8. The first kappa shape index (κ1) is 21.8. The maximum absolute atomic E-state index is 13.3. The first-order valence-electron chi connectivity index (χ1n) is 10.2. The average molecular weight is 497 g/mol. The van der Waals surface area contributed by atoms with Gasteiger partial charge in [0.2, 0.25) is 5.16 Å². The third-order valence-electron chi connectivity index (χ3n) is 5.17. The lowest BCUT2D eigenvalue weighted by Crippen LogP contribution is -2.28. The molecular weight excluding hydrogens is 476 g/mol. The van der Waals surface area contributed by atoms with Gasteiger partial charge in [-0.05, 0) is 57.9 Å². The Kier molecular flexibility index (Phi) is 6.25. The van der Waals surface area contributed by atoms with Gasteiger partial charge >= 0.3 is 0 Å².